The first-order valence-corrected chi connectivity index (χ1v) is 5.90. The van der Waals surface area contributed by atoms with E-state index in [1.54, 1.807) is 13.8 Å². The first-order valence-electron chi connectivity index (χ1n) is 5.52. The summed E-state index contributed by atoms with van der Waals surface area (Å²) in [6.07, 6.45) is 0. The number of rotatable bonds is 1. The summed E-state index contributed by atoms with van der Waals surface area (Å²) in [7, 11) is 0. The van der Waals surface area contributed by atoms with Crippen molar-refractivity contribution in [1.82, 2.24) is 20.4 Å². The van der Waals surface area contributed by atoms with E-state index >= 15 is 0 Å². The van der Waals surface area contributed by atoms with Gasteiger partial charge in [0, 0.05) is 13.1 Å². The summed E-state index contributed by atoms with van der Waals surface area (Å²) in [4.78, 5) is 25.5. The van der Waals surface area contributed by atoms with E-state index < -0.39 is 5.54 Å². The average Bonchev–Trinajstić information content (AvgIpc) is 2.33. The van der Waals surface area contributed by atoms with Gasteiger partial charge in [0.1, 0.15) is 5.54 Å². The van der Waals surface area contributed by atoms with Gasteiger partial charge in [-0.15, -0.1) is 10.2 Å². The summed E-state index contributed by atoms with van der Waals surface area (Å²) in [5.41, 5.74) is -0.710. The summed E-state index contributed by atoms with van der Waals surface area (Å²) in [5, 5.41) is 10.3. The Labute approximate surface area is 109 Å². The van der Waals surface area contributed by atoms with Crippen LogP contribution in [0.15, 0.2) is 12.1 Å². The molecule has 6 nitrogen and oxygen atoms in total. The molecule has 18 heavy (non-hydrogen) atoms. The minimum absolute atomic E-state index is 0.177. The second kappa shape index (κ2) is 4.53. The van der Waals surface area contributed by atoms with Crippen molar-refractivity contribution >= 4 is 23.4 Å². The Morgan fingerprint density at radius 3 is 2.78 bits per heavy atom. The van der Waals surface area contributed by atoms with E-state index in [9.17, 15) is 9.59 Å². The van der Waals surface area contributed by atoms with Gasteiger partial charge in [-0.05, 0) is 26.0 Å². The minimum atomic E-state index is -0.892. The summed E-state index contributed by atoms with van der Waals surface area (Å²) >= 11 is 5.62. The molecule has 0 saturated carbocycles. The number of carbonyl (C=O) groups excluding carboxylic acids is 2. The van der Waals surface area contributed by atoms with E-state index in [2.05, 4.69) is 15.5 Å². The Morgan fingerprint density at radius 1 is 1.44 bits per heavy atom. The van der Waals surface area contributed by atoms with Crippen LogP contribution >= 0.6 is 11.6 Å². The predicted octanol–water partition coefficient (Wildman–Crippen LogP) is 0.481. The Hall–Kier alpha value is -1.69. The molecule has 96 valence electrons. The van der Waals surface area contributed by atoms with E-state index in [1.807, 2.05) is 0 Å². The summed E-state index contributed by atoms with van der Waals surface area (Å²) in [6, 6.07) is 3.00. The molecular formula is C11H13ClN4O2. The highest BCUT2D eigenvalue weighted by Crippen LogP contribution is 2.20. The zero-order valence-corrected chi connectivity index (χ0v) is 10.9. The number of nitrogens with zero attached hydrogens (tertiary/aromatic N) is 3. The van der Waals surface area contributed by atoms with Crippen molar-refractivity contribution in [1.29, 1.82) is 0 Å². The van der Waals surface area contributed by atoms with Crippen molar-refractivity contribution in [3.05, 3.63) is 23.0 Å². The maximum absolute atomic E-state index is 12.3. The molecule has 1 aromatic rings. The molecule has 1 fully saturated rings. The molecule has 0 atom stereocenters. The molecule has 2 rings (SSSR count). The lowest BCUT2D eigenvalue weighted by molar-refractivity contribution is -0.133. The number of hydrogen-bond donors (Lipinski definition) is 1. The number of carbonyl (C=O) groups is 2. The van der Waals surface area contributed by atoms with E-state index in [0.717, 1.165) is 0 Å². The van der Waals surface area contributed by atoms with Crippen LogP contribution in [0.2, 0.25) is 5.15 Å². The van der Waals surface area contributed by atoms with Crippen molar-refractivity contribution in [3.63, 3.8) is 0 Å². The van der Waals surface area contributed by atoms with Gasteiger partial charge in [-0.1, -0.05) is 11.6 Å². The third-order valence-electron chi connectivity index (χ3n) is 2.95. The van der Waals surface area contributed by atoms with Gasteiger partial charge in [-0.3, -0.25) is 9.59 Å². The lowest BCUT2D eigenvalue weighted by atomic mass is 9.98. The summed E-state index contributed by atoms with van der Waals surface area (Å²) in [5.74, 6) is -0.497. The van der Waals surface area contributed by atoms with E-state index in [-0.39, 0.29) is 22.7 Å². The molecule has 1 N–H and O–H groups in total. The van der Waals surface area contributed by atoms with Crippen LogP contribution < -0.4 is 5.32 Å². The number of halogens is 1. The average molecular weight is 269 g/mol. The molecule has 0 aromatic carbocycles. The molecule has 0 radical (unpaired) electrons. The Balaban J connectivity index is 2.28. The number of piperazine rings is 1. The molecule has 0 aliphatic carbocycles. The molecule has 7 heteroatoms. The fourth-order valence-electron chi connectivity index (χ4n) is 1.82. The Morgan fingerprint density at radius 2 is 2.17 bits per heavy atom. The topological polar surface area (TPSA) is 75.2 Å². The zero-order valence-electron chi connectivity index (χ0n) is 10.1. The number of aromatic nitrogens is 2. The third-order valence-corrected chi connectivity index (χ3v) is 3.15. The van der Waals surface area contributed by atoms with Crippen molar-refractivity contribution in [2.45, 2.75) is 19.4 Å². The maximum Gasteiger partial charge on any atom is 0.275 e. The van der Waals surface area contributed by atoms with Gasteiger partial charge in [0.25, 0.3) is 5.91 Å². The summed E-state index contributed by atoms with van der Waals surface area (Å²) in [6.45, 7) is 4.28. The first-order chi connectivity index (χ1) is 8.43. The van der Waals surface area contributed by atoms with Crippen molar-refractivity contribution < 1.29 is 9.59 Å². The number of nitrogens with one attached hydrogen (secondary N) is 1. The number of amides is 2. The van der Waals surface area contributed by atoms with Gasteiger partial charge in [0.2, 0.25) is 5.91 Å². The molecule has 0 unspecified atom stereocenters. The quantitative estimate of drug-likeness (QED) is 0.804. The molecule has 1 aromatic heterocycles. The third kappa shape index (κ3) is 2.15. The van der Waals surface area contributed by atoms with Gasteiger partial charge in [-0.2, -0.15) is 0 Å². The van der Waals surface area contributed by atoms with Crippen LogP contribution in [0.3, 0.4) is 0 Å². The van der Waals surface area contributed by atoms with E-state index in [1.165, 1.54) is 17.0 Å². The van der Waals surface area contributed by atoms with Crippen molar-refractivity contribution in [2.75, 3.05) is 13.1 Å². The molecule has 0 bridgehead atoms. The SMILES string of the molecule is CC1(C)C(=O)NCCN1C(=O)c1ccc(Cl)nn1. The lowest BCUT2D eigenvalue weighted by Crippen LogP contribution is -2.63. The molecule has 1 saturated heterocycles. The summed E-state index contributed by atoms with van der Waals surface area (Å²) < 4.78 is 0. The monoisotopic (exact) mass is 268 g/mol. The van der Waals surface area contributed by atoms with Crippen molar-refractivity contribution in [3.8, 4) is 0 Å². The highest BCUT2D eigenvalue weighted by molar-refractivity contribution is 6.29. The lowest BCUT2D eigenvalue weighted by Gasteiger charge is -2.40. The highest BCUT2D eigenvalue weighted by Gasteiger charge is 2.41. The smallest absolute Gasteiger partial charge is 0.275 e. The van der Waals surface area contributed by atoms with Gasteiger partial charge in [0.05, 0.1) is 0 Å². The van der Waals surface area contributed by atoms with Crippen molar-refractivity contribution in [2.24, 2.45) is 0 Å². The molecule has 0 spiro atoms. The van der Waals surface area contributed by atoms with Crippen LogP contribution in [-0.2, 0) is 4.79 Å². The van der Waals surface area contributed by atoms with Gasteiger partial charge >= 0.3 is 0 Å². The molecule has 2 heterocycles. The van der Waals surface area contributed by atoms with Gasteiger partial charge in [-0.25, -0.2) is 0 Å². The minimum Gasteiger partial charge on any atom is -0.352 e. The Bertz CT molecular complexity index is 486. The first kappa shape index (κ1) is 12.8. The van der Waals surface area contributed by atoms with Gasteiger partial charge < -0.3 is 10.2 Å². The molecular weight excluding hydrogens is 256 g/mol. The van der Waals surface area contributed by atoms with Crippen LogP contribution in [-0.4, -0.2) is 45.5 Å². The highest BCUT2D eigenvalue weighted by atomic mass is 35.5. The zero-order chi connectivity index (χ0) is 13.3. The van der Waals surface area contributed by atoms with Crippen LogP contribution in [0.4, 0.5) is 0 Å². The molecule has 1 aliphatic rings. The van der Waals surface area contributed by atoms with Crippen LogP contribution in [0.5, 0.6) is 0 Å². The van der Waals surface area contributed by atoms with Crippen LogP contribution in [0.25, 0.3) is 0 Å². The number of hydrogen-bond acceptors (Lipinski definition) is 4. The second-order valence-corrected chi connectivity index (χ2v) is 4.90. The van der Waals surface area contributed by atoms with Crippen LogP contribution in [0.1, 0.15) is 24.3 Å². The van der Waals surface area contributed by atoms with Gasteiger partial charge in [0.15, 0.2) is 10.8 Å². The standard InChI is InChI=1S/C11H13ClN4O2/c1-11(2)10(18)13-5-6-16(11)9(17)7-3-4-8(12)15-14-7/h3-4H,5-6H2,1-2H3,(H,13,18). The second-order valence-electron chi connectivity index (χ2n) is 4.51. The van der Waals surface area contributed by atoms with E-state index in [4.69, 9.17) is 11.6 Å². The fourth-order valence-corrected chi connectivity index (χ4v) is 1.92. The normalized spacial score (nSPS) is 18.4. The fraction of sp³-hybridized carbons (Fsp3) is 0.455. The molecule has 2 amide bonds. The largest absolute Gasteiger partial charge is 0.352 e. The maximum atomic E-state index is 12.3. The predicted molar refractivity (Wildman–Crippen MR) is 65.2 cm³/mol. The van der Waals surface area contributed by atoms with E-state index in [0.29, 0.717) is 13.1 Å². The van der Waals surface area contributed by atoms with Crippen LogP contribution in [0, 0.1) is 0 Å². The Kier molecular flexibility index (Phi) is 3.21. The molecule has 1 aliphatic heterocycles.